The third kappa shape index (κ3) is 3.26. The van der Waals surface area contributed by atoms with Gasteiger partial charge in [0.2, 0.25) is 0 Å². The Morgan fingerprint density at radius 3 is 2.65 bits per heavy atom. The van der Waals surface area contributed by atoms with E-state index in [2.05, 4.69) is 14.7 Å². The molecule has 0 bridgehead atoms. The third-order valence-electron chi connectivity index (χ3n) is 3.68. The smallest absolute Gasteiger partial charge is 0.446 e. The van der Waals surface area contributed by atoms with Crippen molar-refractivity contribution in [2.75, 3.05) is 32.9 Å². The molecule has 3 rings (SSSR count). The minimum atomic E-state index is -5.14. The van der Waals surface area contributed by atoms with E-state index in [9.17, 15) is 18.0 Å². The van der Waals surface area contributed by atoms with Gasteiger partial charge in [0, 0.05) is 13.1 Å². The molecule has 1 aromatic heterocycles. The highest BCUT2D eigenvalue weighted by Crippen LogP contribution is 2.39. The number of furan rings is 1. The summed E-state index contributed by atoms with van der Waals surface area (Å²) in [6.07, 6.45) is -3.89. The lowest BCUT2D eigenvalue weighted by Crippen LogP contribution is -2.56. The van der Waals surface area contributed by atoms with E-state index in [1.165, 1.54) is 30.2 Å². The number of nitrogens with zero attached hydrogens (tertiary/aromatic N) is 3. The van der Waals surface area contributed by atoms with E-state index in [-0.39, 0.29) is 44.7 Å². The predicted molar refractivity (Wildman–Crippen MR) is 81.6 cm³/mol. The van der Waals surface area contributed by atoms with Crippen molar-refractivity contribution in [3.8, 4) is 0 Å². The molecule has 1 aromatic rings. The summed E-state index contributed by atoms with van der Waals surface area (Å²) in [5, 5.41) is 0. The van der Waals surface area contributed by atoms with Gasteiger partial charge in [0.05, 0.1) is 26.1 Å². The number of hydrogen-bond acceptors (Lipinski definition) is 8. The maximum Gasteiger partial charge on any atom is 0.446 e. The topological polar surface area (TPSA) is 85.9 Å². The van der Waals surface area contributed by atoms with E-state index in [0.29, 0.717) is 0 Å². The molecule has 2 aliphatic heterocycles. The van der Waals surface area contributed by atoms with Crippen LogP contribution in [0.2, 0.25) is 0 Å². The quantitative estimate of drug-likeness (QED) is 0.746. The minimum Gasteiger partial charge on any atom is -0.462 e. The van der Waals surface area contributed by atoms with Crippen molar-refractivity contribution < 1.29 is 36.6 Å². The molecule has 0 saturated carbocycles. The van der Waals surface area contributed by atoms with Gasteiger partial charge in [-0.15, -0.1) is 0 Å². The van der Waals surface area contributed by atoms with E-state index in [0.717, 1.165) is 0 Å². The lowest BCUT2D eigenvalue weighted by molar-refractivity contribution is -0.204. The molecule has 0 aliphatic carbocycles. The van der Waals surface area contributed by atoms with Crippen molar-refractivity contribution in [2.45, 2.75) is 18.8 Å². The summed E-state index contributed by atoms with van der Waals surface area (Å²) in [5.41, 5.74) is -3.46. The molecule has 3 heterocycles. The highest BCUT2D eigenvalue weighted by molar-refractivity contribution is 6.04. The Hall–Kier alpha value is -2.56. The van der Waals surface area contributed by atoms with Gasteiger partial charge in [-0.2, -0.15) is 23.2 Å². The maximum atomic E-state index is 13.9. The number of halogens is 3. The van der Waals surface area contributed by atoms with Crippen LogP contribution in [0.1, 0.15) is 12.7 Å². The number of carbonyl (C=O) groups is 1. The van der Waals surface area contributed by atoms with Gasteiger partial charge in [-0.3, -0.25) is 0 Å². The van der Waals surface area contributed by atoms with Gasteiger partial charge < -0.3 is 23.5 Å². The van der Waals surface area contributed by atoms with Crippen LogP contribution in [0.25, 0.3) is 0 Å². The van der Waals surface area contributed by atoms with Crippen LogP contribution in [0.4, 0.5) is 13.2 Å². The van der Waals surface area contributed by atoms with Crippen LogP contribution in [-0.4, -0.2) is 67.5 Å². The Bertz CT molecular complexity index is 711. The van der Waals surface area contributed by atoms with Gasteiger partial charge in [0.1, 0.15) is 0 Å². The number of esters is 1. The second-order valence-electron chi connectivity index (χ2n) is 5.38. The van der Waals surface area contributed by atoms with Gasteiger partial charge in [0.25, 0.3) is 11.9 Å². The number of morpholine rings is 1. The molecule has 0 radical (unpaired) electrons. The summed E-state index contributed by atoms with van der Waals surface area (Å²) < 4.78 is 61.9. The molecule has 2 aliphatic rings. The fourth-order valence-electron chi connectivity index (χ4n) is 2.40. The van der Waals surface area contributed by atoms with E-state index in [1.807, 2.05) is 0 Å². The van der Waals surface area contributed by atoms with Crippen LogP contribution in [0.3, 0.4) is 0 Å². The number of alkyl halides is 3. The molecule has 11 heteroatoms. The second-order valence-corrected chi connectivity index (χ2v) is 5.38. The van der Waals surface area contributed by atoms with Gasteiger partial charge >= 0.3 is 17.8 Å². The van der Waals surface area contributed by atoms with Crippen LogP contribution >= 0.6 is 0 Å². The van der Waals surface area contributed by atoms with Crippen molar-refractivity contribution in [1.29, 1.82) is 0 Å². The molecular weight excluding hydrogens is 359 g/mol. The molecule has 1 unspecified atom stereocenters. The third-order valence-corrected chi connectivity index (χ3v) is 3.68. The number of carbonyl (C=O) groups excluding carboxylic acids is 1. The molecule has 8 nitrogen and oxygen atoms in total. The number of amidine groups is 1. The standard InChI is InChI=1S/C15H16F3N3O5/c1-2-24-12(22)14(15(16,17)18)19-11(10-4-3-7-25-10)26-13(20-14)21-5-8-23-9-6-21/h3-4,7H,2,5-6,8-9H2,1H3. The average Bonchev–Trinajstić information content (AvgIpc) is 3.16. The molecule has 0 spiro atoms. The van der Waals surface area contributed by atoms with Crippen LogP contribution in [0, 0.1) is 0 Å². The van der Waals surface area contributed by atoms with Crippen molar-refractivity contribution in [3.05, 3.63) is 24.2 Å². The summed E-state index contributed by atoms with van der Waals surface area (Å²) in [5.74, 6) is -2.20. The zero-order chi connectivity index (χ0) is 18.8. The SMILES string of the molecule is CCOC(=O)C1(C(F)(F)F)N=C(c2ccco2)OC(N2CCOCC2)=N1. The summed E-state index contributed by atoms with van der Waals surface area (Å²) >= 11 is 0. The average molecular weight is 375 g/mol. The molecular formula is C15H16F3N3O5. The van der Waals surface area contributed by atoms with Crippen molar-refractivity contribution in [1.82, 2.24) is 4.90 Å². The maximum absolute atomic E-state index is 13.9. The molecule has 1 saturated heterocycles. The molecule has 1 atom stereocenters. The lowest BCUT2D eigenvalue weighted by Gasteiger charge is -2.35. The fraction of sp³-hybridized carbons (Fsp3) is 0.533. The lowest BCUT2D eigenvalue weighted by atomic mass is 10.1. The summed E-state index contributed by atoms with van der Waals surface area (Å²) in [4.78, 5) is 20.6. The number of ether oxygens (including phenoxy) is 3. The normalized spacial score (nSPS) is 23.8. The Morgan fingerprint density at radius 1 is 1.35 bits per heavy atom. The molecule has 1 fully saturated rings. The molecule has 142 valence electrons. The molecule has 0 N–H and O–H groups in total. The Morgan fingerprint density at radius 2 is 2.08 bits per heavy atom. The predicted octanol–water partition coefficient (Wildman–Crippen LogP) is 1.57. The van der Waals surface area contributed by atoms with Crippen LogP contribution in [0.5, 0.6) is 0 Å². The summed E-state index contributed by atoms with van der Waals surface area (Å²) in [6, 6.07) is 2.44. The highest BCUT2D eigenvalue weighted by Gasteiger charge is 2.65. The number of hydrogen-bond donors (Lipinski definition) is 0. The monoisotopic (exact) mass is 375 g/mol. The van der Waals surface area contributed by atoms with Crippen LogP contribution in [-0.2, 0) is 19.0 Å². The van der Waals surface area contributed by atoms with Crippen LogP contribution in [0.15, 0.2) is 32.8 Å². The zero-order valence-corrected chi connectivity index (χ0v) is 13.8. The first-order valence-electron chi connectivity index (χ1n) is 7.85. The van der Waals surface area contributed by atoms with Gasteiger partial charge in [-0.05, 0) is 19.1 Å². The van der Waals surface area contributed by atoms with Gasteiger partial charge in [0.15, 0.2) is 5.76 Å². The Balaban J connectivity index is 2.10. The number of rotatable bonds is 3. The van der Waals surface area contributed by atoms with Gasteiger partial charge in [-0.1, -0.05) is 0 Å². The van der Waals surface area contributed by atoms with E-state index in [4.69, 9.17) is 13.9 Å². The largest absolute Gasteiger partial charge is 0.462 e. The fourth-order valence-corrected chi connectivity index (χ4v) is 2.40. The van der Waals surface area contributed by atoms with E-state index in [1.54, 1.807) is 0 Å². The van der Waals surface area contributed by atoms with E-state index < -0.39 is 23.7 Å². The zero-order valence-electron chi connectivity index (χ0n) is 13.8. The van der Waals surface area contributed by atoms with Crippen molar-refractivity contribution >= 4 is 17.9 Å². The highest BCUT2D eigenvalue weighted by atomic mass is 19.4. The Kier molecular flexibility index (Phi) is 4.90. The van der Waals surface area contributed by atoms with Crippen molar-refractivity contribution in [3.63, 3.8) is 0 Å². The van der Waals surface area contributed by atoms with Gasteiger partial charge in [-0.25, -0.2) is 4.79 Å². The minimum absolute atomic E-state index is 0.0661. The molecule has 0 amide bonds. The molecule has 26 heavy (non-hydrogen) atoms. The van der Waals surface area contributed by atoms with Crippen LogP contribution < -0.4 is 0 Å². The summed E-state index contributed by atoms with van der Waals surface area (Å²) in [6.45, 7) is 2.21. The summed E-state index contributed by atoms with van der Waals surface area (Å²) in [7, 11) is 0. The second kappa shape index (κ2) is 6.98. The van der Waals surface area contributed by atoms with E-state index >= 15 is 0 Å². The first kappa shape index (κ1) is 18.2. The number of aliphatic imine (C=N–C) groups is 2. The van der Waals surface area contributed by atoms with Crippen molar-refractivity contribution in [2.24, 2.45) is 9.98 Å². The first-order chi connectivity index (χ1) is 12.4. The first-order valence-corrected chi connectivity index (χ1v) is 7.85. The molecule has 0 aromatic carbocycles. The Labute approximate surface area is 146 Å².